The highest BCUT2D eigenvalue weighted by Crippen LogP contribution is 2.18. The van der Waals surface area contributed by atoms with E-state index in [2.05, 4.69) is 21.2 Å². The lowest BCUT2D eigenvalue weighted by atomic mass is 10.2. The van der Waals surface area contributed by atoms with E-state index in [1.807, 2.05) is 25.7 Å². The highest BCUT2D eigenvalue weighted by Gasteiger charge is 2.26. The molecular formula is C13H23BrN2O3. The first-order chi connectivity index (χ1) is 8.78. The van der Waals surface area contributed by atoms with E-state index >= 15 is 0 Å². The molecule has 1 atom stereocenters. The van der Waals surface area contributed by atoms with E-state index < -0.39 is 5.60 Å². The Morgan fingerprint density at radius 2 is 2.16 bits per heavy atom. The molecule has 0 saturated carbocycles. The first kappa shape index (κ1) is 16.3. The summed E-state index contributed by atoms with van der Waals surface area (Å²) in [5, 5.41) is 2.71. The summed E-state index contributed by atoms with van der Waals surface area (Å²) in [6.45, 7) is 7.64. The summed E-state index contributed by atoms with van der Waals surface area (Å²) in [5.41, 5.74) is -0.461. The van der Waals surface area contributed by atoms with Gasteiger partial charge in [-0.05, 0) is 33.6 Å². The molecule has 1 fully saturated rings. The summed E-state index contributed by atoms with van der Waals surface area (Å²) in [4.78, 5) is 25.0. The van der Waals surface area contributed by atoms with Crippen LogP contribution >= 0.6 is 15.9 Å². The Bertz CT molecular complexity index is 328. The molecule has 0 spiro atoms. The maximum Gasteiger partial charge on any atom is 0.407 e. The summed E-state index contributed by atoms with van der Waals surface area (Å²) in [5.74, 6) is 0.210. The lowest BCUT2D eigenvalue weighted by Crippen LogP contribution is -2.33. The smallest absolute Gasteiger partial charge is 0.407 e. The standard InChI is InChI=1S/C13H23BrN2O3/c1-13(2,3)19-12(18)15-6-4-5-7-16-9-10(14)8-11(16)17/h10H,4-9H2,1-3H3,(H,15,18). The van der Waals surface area contributed by atoms with Gasteiger partial charge in [0.05, 0.1) is 0 Å². The number of alkyl carbamates (subject to hydrolysis) is 1. The fourth-order valence-electron chi connectivity index (χ4n) is 1.87. The van der Waals surface area contributed by atoms with E-state index in [1.165, 1.54) is 0 Å². The van der Waals surface area contributed by atoms with Crippen LogP contribution in [0.3, 0.4) is 0 Å². The van der Waals surface area contributed by atoms with Gasteiger partial charge in [0.1, 0.15) is 5.60 Å². The van der Waals surface area contributed by atoms with Crippen LogP contribution in [0.4, 0.5) is 4.79 Å². The number of halogens is 1. The number of nitrogens with one attached hydrogen (secondary N) is 1. The molecule has 1 aliphatic heterocycles. The van der Waals surface area contributed by atoms with Crippen LogP contribution < -0.4 is 5.32 Å². The molecule has 2 amide bonds. The summed E-state index contributed by atoms with van der Waals surface area (Å²) >= 11 is 3.45. The predicted molar refractivity (Wildman–Crippen MR) is 77.4 cm³/mol. The molecule has 1 aliphatic rings. The van der Waals surface area contributed by atoms with Crippen molar-refractivity contribution in [2.45, 2.75) is 50.5 Å². The minimum absolute atomic E-state index is 0.210. The molecule has 110 valence electrons. The number of unbranched alkanes of at least 4 members (excludes halogenated alkanes) is 1. The highest BCUT2D eigenvalue weighted by atomic mass is 79.9. The molecule has 0 aromatic carbocycles. The Balaban J connectivity index is 2.05. The van der Waals surface area contributed by atoms with Crippen LogP contribution in [0.2, 0.25) is 0 Å². The molecule has 0 bridgehead atoms. The first-order valence-electron chi connectivity index (χ1n) is 6.66. The Morgan fingerprint density at radius 3 is 2.68 bits per heavy atom. The van der Waals surface area contributed by atoms with Crippen LogP contribution in [0.1, 0.15) is 40.0 Å². The molecule has 6 heteroatoms. The number of nitrogens with zero attached hydrogens (tertiary/aromatic N) is 1. The fraction of sp³-hybridized carbons (Fsp3) is 0.846. The van der Waals surface area contributed by atoms with Gasteiger partial charge in [0, 0.05) is 30.9 Å². The number of hydrogen-bond acceptors (Lipinski definition) is 3. The van der Waals surface area contributed by atoms with Gasteiger partial charge < -0.3 is 15.0 Å². The molecule has 0 aromatic rings. The van der Waals surface area contributed by atoms with Crippen molar-refractivity contribution < 1.29 is 14.3 Å². The van der Waals surface area contributed by atoms with Gasteiger partial charge in [-0.1, -0.05) is 15.9 Å². The van der Waals surface area contributed by atoms with Crippen molar-refractivity contribution >= 4 is 27.9 Å². The Kier molecular flexibility index (Phi) is 6.10. The molecule has 1 saturated heterocycles. The van der Waals surface area contributed by atoms with Crippen LogP contribution in [0, 0.1) is 0 Å². The Labute approximate surface area is 123 Å². The van der Waals surface area contributed by atoms with E-state index in [0.717, 1.165) is 25.9 Å². The van der Waals surface area contributed by atoms with Crippen molar-refractivity contribution in [1.29, 1.82) is 0 Å². The van der Waals surface area contributed by atoms with Gasteiger partial charge in [-0.15, -0.1) is 0 Å². The van der Waals surface area contributed by atoms with Gasteiger partial charge in [0.2, 0.25) is 5.91 Å². The number of carbonyl (C=O) groups excluding carboxylic acids is 2. The first-order valence-corrected chi connectivity index (χ1v) is 7.58. The monoisotopic (exact) mass is 334 g/mol. The van der Waals surface area contributed by atoms with Crippen molar-refractivity contribution in [2.24, 2.45) is 0 Å². The SMILES string of the molecule is CC(C)(C)OC(=O)NCCCCN1CC(Br)CC1=O. The Morgan fingerprint density at radius 1 is 1.47 bits per heavy atom. The lowest BCUT2D eigenvalue weighted by molar-refractivity contribution is -0.127. The van der Waals surface area contributed by atoms with Crippen molar-refractivity contribution in [3.8, 4) is 0 Å². The molecular weight excluding hydrogens is 312 g/mol. The van der Waals surface area contributed by atoms with E-state index in [1.54, 1.807) is 0 Å². The second-order valence-corrected chi connectivity index (χ2v) is 7.07. The average Bonchev–Trinajstić information content (AvgIpc) is 2.54. The van der Waals surface area contributed by atoms with Gasteiger partial charge in [0.15, 0.2) is 0 Å². The number of ether oxygens (including phenoxy) is 1. The second-order valence-electron chi connectivity index (χ2n) is 5.78. The number of hydrogen-bond donors (Lipinski definition) is 1. The van der Waals surface area contributed by atoms with Crippen molar-refractivity contribution in [3.05, 3.63) is 0 Å². The van der Waals surface area contributed by atoms with Gasteiger partial charge in [-0.25, -0.2) is 4.79 Å². The molecule has 1 heterocycles. The summed E-state index contributed by atoms with van der Waals surface area (Å²) < 4.78 is 5.13. The minimum atomic E-state index is -0.461. The van der Waals surface area contributed by atoms with Crippen LogP contribution in [-0.4, -0.2) is 47.0 Å². The number of alkyl halides is 1. The molecule has 1 N–H and O–H groups in total. The van der Waals surface area contributed by atoms with Gasteiger partial charge in [-0.3, -0.25) is 4.79 Å². The Hall–Kier alpha value is -0.780. The number of rotatable bonds is 5. The van der Waals surface area contributed by atoms with Crippen LogP contribution in [0.5, 0.6) is 0 Å². The maximum atomic E-state index is 11.5. The van der Waals surface area contributed by atoms with Gasteiger partial charge in [0.25, 0.3) is 0 Å². The minimum Gasteiger partial charge on any atom is -0.444 e. The molecule has 19 heavy (non-hydrogen) atoms. The van der Waals surface area contributed by atoms with E-state index in [9.17, 15) is 9.59 Å². The third-order valence-electron chi connectivity index (χ3n) is 2.69. The average molecular weight is 335 g/mol. The molecule has 0 radical (unpaired) electrons. The zero-order valence-electron chi connectivity index (χ0n) is 11.9. The zero-order valence-corrected chi connectivity index (χ0v) is 13.5. The van der Waals surface area contributed by atoms with Crippen LogP contribution in [-0.2, 0) is 9.53 Å². The fourth-order valence-corrected chi connectivity index (χ4v) is 2.50. The number of amides is 2. The van der Waals surface area contributed by atoms with Crippen LogP contribution in [0.25, 0.3) is 0 Å². The topological polar surface area (TPSA) is 58.6 Å². The van der Waals surface area contributed by atoms with Crippen LogP contribution in [0.15, 0.2) is 0 Å². The third-order valence-corrected chi connectivity index (χ3v) is 3.30. The molecule has 5 nitrogen and oxygen atoms in total. The van der Waals surface area contributed by atoms with Gasteiger partial charge >= 0.3 is 6.09 Å². The molecule has 1 rings (SSSR count). The lowest BCUT2D eigenvalue weighted by Gasteiger charge is -2.20. The number of likely N-dealkylation sites (tertiary alicyclic amines) is 1. The largest absolute Gasteiger partial charge is 0.444 e. The molecule has 0 aliphatic carbocycles. The molecule has 1 unspecified atom stereocenters. The summed E-state index contributed by atoms with van der Waals surface area (Å²) in [7, 11) is 0. The van der Waals surface area contributed by atoms with Gasteiger partial charge in [-0.2, -0.15) is 0 Å². The maximum absolute atomic E-state index is 11.5. The van der Waals surface area contributed by atoms with Crippen molar-refractivity contribution in [2.75, 3.05) is 19.6 Å². The van der Waals surface area contributed by atoms with Crippen molar-refractivity contribution in [3.63, 3.8) is 0 Å². The quantitative estimate of drug-likeness (QED) is 0.619. The summed E-state index contributed by atoms with van der Waals surface area (Å²) in [6, 6.07) is 0. The van der Waals surface area contributed by atoms with Crippen molar-refractivity contribution in [1.82, 2.24) is 10.2 Å². The van der Waals surface area contributed by atoms with E-state index in [-0.39, 0.29) is 12.0 Å². The zero-order chi connectivity index (χ0) is 14.5. The third kappa shape index (κ3) is 6.80. The summed E-state index contributed by atoms with van der Waals surface area (Å²) in [6.07, 6.45) is 1.94. The van der Waals surface area contributed by atoms with E-state index in [4.69, 9.17) is 4.74 Å². The van der Waals surface area contributed by atoms with E-state index in [0.29, 0.717) is 17.8 Å². The normalized spacial score (nSPS) is 19.7. The highest BCUT2D eigenvalue weighted by molar-refractivity contribution is 9.09. The number of carbonyl (C=O) groups is 2. The molecule has 0 aromatic heterocycles. The second kappa shape index (κ2) is 7.12. The predicted octanol–water partition coefficient (Wildman–Crippen LogP) is 2.29.